The number of rotatable bonds is 7. The number of nitrogens with zero attached hydrogens (tertiary/aromatic N) is 2. The highest BCUT2D eigenvalue weighted by atomic mass is 32.2. The van der Waals surface area contributed by atoms with Gasteiger partial charge in [0.15, 0.2) is 21.4 Å². The lowest BCUT2D eigenvalue weighted by Crippen LogP contribution is -2.22. The summed E-state index contributed by atoms with van der Waals surface area (Å²) < 4.78 is 71.9. The second kappa shape index (κ2) is 8.31. The van der Waals surface area contributed by atoms with Gasteiger partial charge in [-0.15, -0.1) is 0 Å². The van der Waals surface area contributed by atoms with E-state index >= 15 is 0 Å². The molecule has 0 saturated heterocycles. The van der Waals surface area contributed by atoms with Crippen molar-refractivity contribution < 1.29 is 31.1 Å². The van der Waals surface area contributed by atoms with E-state index in [2.05, 4.69) is 9.97 Å². The molecule has 160 valence electrons. The highest BCUT2D eigenvalue weighted by Gasteiger charge is 2.27. The van der Waals surface area contributed by atoms with Crippen molar-refractivity contribution >= 4 is 21.6 Å². The minimum absolute atomic E-state index is 0.0333. The van der Waals surface area contributed by atoms with Crippen molar-refractivity contribution in [2.24, 2.45) is 0 Å². The van der Waals surface area contributed by atoms with Crippen molar-refractivity contribution in [3.8, 4) is 17.2 Å². The number of alkyl halides is 3. The van der Waals surface area contributed by atoms with Gasteiger partial charge in [0.1, 0.15) is 22.9 Å². The van der Waals surface area contributed by atoms with Gasteiger partial charge in [-0.3, -0.25) is 0 Å². The third kappa shape index (κ3) is 5.86. The number of hydrogen-bond donors (Lipinski definition) is 2. The van der Waals surface area contributed by atoms with Gasteiger partial charge in [0.25, 0.3) is 0 Å². The first-order chi connectivity index (χ1) is 13.3. The second-order valence-corrected chi connectivity index (χ2v) is 8.47. The Kier molecular flexibility index (Phi) is 6.46. The quantitative estimate of drug-likeness (QED) is 0.681. The first-order valence-electron chi connectivity index (χ1n) is 8.34. The number of methoxy groups -OCH3 is 1. The predicted octanol–water partition coefficient (Wildman–Crippen LogP) is 3.36. The molecule has 8 nitrogen and oxygen atoms in total. The summed E-state index contributed by atoms with van der Waals surface area (Å²) in [5.74, 6) is -0.276. The maximum atomic E-state index is 12.3. The van der Waals surface area contributed by atoms with Crippen molar-refractivity contribution in [2.75, 3.05) is 31.0 Å². The molecule has 0 atom stereocenters. The Morgan fingerprint density at radius 3 is 2.34 bits per heavy atom. The molecule has 0 aliphatic heterocycles. The molecular formula is C17H21F3N4O4S. The van der Waals surface area contributed by atoms with Crippen molar-refractivity contribution in [1.29, 1.82) is 0 Å². The average Bonchev–Trinajstić information content (AvgIpc) is 2.60. The van der Waals surface area contributed by atoms with E-state index in [-0.39, 0.29) is 39.8 Å². The van der Waals surface area contributed by atoms with Crippen LogP contribution in [-0.2, 0) is 9.84 Å². The van der Waals surface area contributed by atoms with E-state index < -0.39 is 22.6 Å². The van der Waals surface area contributed by atoms with E-state index in [0.29, 0.717) is 5.56 Å². The lowest BCUT2D eigenvalue weighted by atomic mass is 10.0. The zero-order valence-electron chi connectivity index (χ0n) is 16.2. The molecule has 0 amide bonds. The van der Waals surface area contributed by atoms with E-state index in [1.807, 2.05) is 19.2 Å². The number of sulfone groups is 1. The van der Waals surface area contributed by atoms with Gasteiger partial charge in [-0.05, 0) is 12.0 Å². The fraction of sp³-hybridized carbons (Fsp3) is 0.412. The summed E-state index contributed by atoms with van der Waals surface area (Å²) in [5.41, 5.74) is 6.41. The van der Waals surface area contributed by atoms with Crippen LogP contribution in [0.2, 0.25) is 0 Å². The lowest BCUT2D eigenvalue weighted by molar-refractivity contribution is -0.115. The highest BCUT2D eigenvalue weighted by molar-refractivity contribution is 7.90. The third-order valence-corrected chi connectivity index (χ3v) is 4.89. The normalized spacial score (nSPS) is 12.1. The van der Waals surface area contributed by atoms with Crippen molar-refractivity contribution in [3.63, 3.8) is 0 Å². The molecule has 3 N–H and O–H groups in total. The number of aromatic nitrogens is 2. The summed E-state index contributed by atoms with van der Waals surface area (Å²) in [6, 6.07) is 2.85. The van der Waals surface area contributed by atoms with Crippen molar-refractivity contribution in [2.45, 2.75) is 30.8 Å². The molecule has 1 aromatic carbocycles. The van der Waals surface area contributed by atoms with Gasteiger partial charge >= 0.3 is 6.18 Å². The van der Waals surface area contributed by atoms with Gasteiger partial charge in [0.2, 0.25) is 5.95 Å². The van der Waals surface area contributed by atoms with E-state index in [9.17, 15) is 21.6 Å². The van der Waals surface area contributed by atoms with Crippen LogP contribution in [0.15, 0.2) is 23.2 Å². The summed E-state index contributed by atoms with van der Waals surface area (Å²) >= 11 is 0. The number of benzene rings is 1. The zero-order chi connectivity index (χ0) is 22.0. The first kappa shape index (κ1) is 22.5. The molecule has 2 aromatic rings. The van der Waals surface area contributed by atoms with Gasteiger partial charge in [-0.2, -0.15) is 18.2 Å². The minimum Gasteiger partial charge on any atom is -0.495 e. The monoisotopic (exact) mass is 434 g/mol. The summed E-state index contributed by atoms with van der Waals surface area (Å²) in [5, 5.41) is 2.01. The number of nitrogens with one attached hydrogen (secondary N) is 1. The highest BCUT2D eigenvalue weighted by Crippen LogP contribution is 2.39. The van der Waals surface area contributed by atoms with Gasteiger partial charge in [-0.25, -0.2) is 13.4 Å². The van der Waals surface area contributed by atoms with Crippen LogP contribution in [0.5, 0.6) is 17.2 Å². The molecular weight excluding hydrogens is 413 g/mol. The molecule has 0 saturated carbocycles. The molecule has 0 spiro atoms. The fourth-order valence-corrected chi connectivity index (χ4v) is 3.22. The molecule has 29 heavy (non-hydrogen) atoms. The largest absolute Gasteiger partial charge is 0.495 e. The lowest BCUT2D eigenvalue weighted by Gasteiger charge is -2.18. The number of nitrogen functional groups attached to an aromatic ring is 1. The minimum atomic E-state index is -4.44. The van der Waals surface area contributed by atoms with Crippen LogP contribution >= 0.6 is 0 Å². The van der Waals surface area contributed by atoms with Gasteiger partial charge in [0.05, 0.1) is 13.3 Å². The Bertz CT molecular complexity index is 995. The number of anilines is 2. The SMILES string of the molecule is COc1cc(C(C)C)c(Oc2cnc(NCC(F)(F)F)nc2N)cc1S(C)(=O)=O. The van der Waals surface area contributed by atoms with Crippen LogP contribution in [0, 0.1) is 0 Å². The van der Waals surface area contributed by atoms with Gasteiger partial charge in [0, 0.05) is 17.9 Å². The topological polar surface area (TPSA) is 116 Å². The van der Waals surface area contributed by atoms with E-state index in [1.165, 1.54) is 13.2 Å². The van der Waals surface area contributed by atoms with Crippen LogP contribution < -0.4 is 20.5 Å². The summed E-state index contributed by atoms with van der Waals surface area (Å²) in [6.45, 7) is 2.41. The van der Waals surface area contributed by atoms with E-state index in [1.54, 1.807) is 6.07 Å². The van der Waals surface area contributed by atoms with Crippen molar-refractivity contribution in [1.82, 2.24) is 9.97 Å². The maximum Gasteiger partial charge on any atom is 0.405 e. The molecule has 2 rings (SSSR count). The summed E-state index contributed by atoms with van der Waals surface area (Å²) in [7, 11) is -2.27. The Morgan fingerprint density at radius 2 is 1.86 bits per heavy atom. The molecule has 0 fully saturated rings. The number of ether oxygens (including phenoxy) is 2. The van der Waals surface area contributed by atoms with Crippen LogP contribution in [0.3, 0.4) is 0 Å². The summed E-state index contributed by atoms with van der Waals surface area (Å²) in [4.78, 5) is 7.41. The molecule has 1 aromatic heterocycles. The average molecular weight is 434 g/mol. The smallest absolute Gasteiger partial charge is 0.405 e. The Labute approximate surface area is 166 Å². The molecule has 0 unspecified atom stereocenters. The molecule has 0 aliphatic rings. The molecule has 0 radical (unpaired) electrons. The third-order valence-electron chi connectivity index (χ3n) is 3.77. The van der Waals surface area contributed by atoms with Crippen LogP contribution in [0.4, 0.5) is 24.9 Å². The van der Waals surface area contributed by atoms with Crippen LogP contribution in [0.25, 0.3) is 0 Å². The summed E-state index contributed by atoms with van der Waals surface area (Å²) in [6.07, 6.45) is -2.30. The van der Waals surface area contributed by atoms with Crippen molar-refractivity contribution in [3.05, 3.63) is 23.9 Å². The number of nitrogens with two attached hydrogens (primary N) is 1. The Morgan fingerprint density at radius 1 is 1.21 bits per heavy atom. The Balaban J connectivity index is 2.42. The predicted molar refractivity (Wildman–Crippen MR) is 101 cm³/mol. The standard InChI is InChI=1S/C17H21F3N4O4S/c1-9(2)10-5-12(27-3)14(29(4,25)26)6-11(10)28-13-7-22-16(24-15(13)21)23-8-17(18,19)20/h5-7,9H,8H2,1-4H3,(H3,21,22,23,24). The molecule has 12 heteroatoms. The van der Waals surface area contributed by atoms with Gasteiger partial charge in [-0.1, -0.05) is 13.8 Å². The second-order valence-electron chi connectivity index (χ2n) is 6.48. The van der Waals surface area contributed by atoms with Crippen LogP contribution in [0.1, 0.15) is 25.3 Å². The zero-order valence-corrected chi connectivity index (χ0v) is 17.0. The van der Waals surface area contributed by atoms with E-state index in [0.717, 1.165) is 12.5 Å². The van der Waals surface area contributed by atoms with Crippen LogP contribution in [-0.4, -0.2) is 44.5 Å². The molecule has 0 bridgehead atoms. The van der Waals surface area contributed by atoms with Gasteiger partial charge < -0.3 is 20.5 Å². The maximum absolute atomic E-state index is 12.3. The fourth-order valence-electron chi connectivity index (χ4n) is 2.39. The molecule has 1 heterocycles. The molecule has 0 aliphatic carbocycles. The number of halogens is 3. The van der Waals surface area contributed by atoms with E-state index in [4.69, 9.17) is 15.2 Å². The first-order valence-corrected chi connectivity index (χ1v) is 10.2. The Hall–Kier alpha value is -2.76. The number of hydrogen-bond acceptors (Lipinski definition) is 8.